The smallest absolute Gasteiger partial charge is 0.167 e. The first kappa shape index (κ1) is 15.5. The molecule has 0 aliphatic rings. The van der Waals surface area contributed by atoms with Crippen LogP contribution in [0.25, 0.3) is 0 Å². The summed E-state index contributed by atoms with van der Waals surface area (Å²) in [4.78, 5) is 14.5. The molecule has 1 nitrogen and oxygen atoms in total. The first-order chi connectivity index (χ1) is 11.2. The maximum atomic E-state index is 12.9. The molecule has 0 N–H and O–H groups in total. The Bertz CT molecular complexity index is 780. The molecule has 3 aromatic carbocycles. The minimum absolute atomic E-state index is 0.0351. The Hall–Kier alpha value is -2.39. The zero-order valence-corrected chi connectivity index (χ0v) is 13.2. The van der Waals surface area contributed by atoms with E-state index in [1.807, 2.05) is 42.5 Å². The van der Waals surface area contributed by atoms with E-state index in [1.165, 1.54) is 12.1 Å². The minimum Gasteiger partial charge on any atom is -0.294 e. The fourth-order valence-electron chi connectivity index (χ4n) is 2.22. The zero-order valence-electron chi connectivity index (χ0n) is 12.4. The fraction of sp³-hybridized carbons (Fsp3) is 0.0500. The van der Waals surface area contributed by atoms with E-state index in [9.17, 15) is 9.18 Å². The fourth-order valence-corrected chi connectivity index (χ4v) is 3.06. The summed E-state index contributed by atoms with van der Waals surface area (Å²) >= 11 is 1.66. The lowest BCUT2D eigenvalue weighted by Gasteiger charge is -2.04. The van der Waals surface area contributed by atoms with Crippen LogP contribution in [-0.2, 0) is 6.42 Å². The maximum Gasteiger partial charge on any atom is 0.167 e. The number of halogens is 1. The normalized spacial score (nSPS) is 10.5. The molecule has 0 heterocycles. The maximum absolute atomic E-state index is 12.9. The first-order valence-electron chi connectivity index (χ1n) is 7.31. The number of hydrogen-bond acceptors (Lipinski definition) is 2. The van der Waals surface area contributed by atoms with Gasteiger partial charge in [-0.25, -0.2) is 4.39 Å². The van der Waals surface area contributed by atoms with Gasteiger partial charge in [0.05, 0.1) is 0 Å². The van der Waals surface area contributed by atoms with E-state index in [1.54, 1.807) is 23.9 Å². The molecule has 0 fully saturated rings. The lowest BCUT2D eigenvalue weighted by Crippen LogP contribution is -2.03. The molecule has 114 valence electrons. The van der Waals surface area contributed by atoms with Crippen molar-refractivity contribution in [2.75, 3.05) is 0 Å². The number of ketones is 1. The molecule has 0 bridgehead atoms. The summed E-state index contributed by atoms with van der Waals surface area (Å²) in [5.74, 6) is -0.253. The SMILES string of the molecule is O=C(Cc1ccc(F)cc1)c1ccc(Sc2ccccc2)cc1. The molecular formula is C20H15FOS. The van der Waals surface area contributed by atoms with Gasteiger partial charge in [-0.05, 0) is 42.0 Å². The van der Waals surface area contributed by atoms with Gasteiger partial charge in [0.2, 0.25) is 0 Å². The molecule has 23 heavy (non-hydrogen) atoms. The summed E-state index contributed by atoms with van der Waals surface area (Å²) in [6, 6.07) is 23.7. The van der Waals surface area contributed by atoms with Gasteiger partial charge >= 0.3 is 0 Å². The summed E-state index contributed by atoms with van der Waals surface area (Å²) in [7, 11) is 0. The number of hydrogen-bond donors (Lipinski definition) is 0. The molecule has 0 unspecified atom stereocenters. The van der Waals surface area contributed by atoms with Crippen LogP contribution < -0.4 is 0 Å². The summed E-state index contributed by atoms with van der Waals surface area (Å²) < 4.78 is 12.9. The van der Waals surface area contributed by atoms with Crippen LogP contribution >= 0.6 is 11.8 Å². The predicted molar refractivity (Wildman–Crippen MR) is 91.4 cm³/mol. The van der Waals surface area contributed by atoms with Crippen LogP contribution in [0.4, 0.5) is 4.39 Å². The highest BCUT2D eigenvalue weighted by molar-refractivity contribution is 7.99. The van der Waals surface area contributed by atoms with Crippen molar-refractivity contribution in [2.45, 2.75) is 16.2 Å². The van der Waals surface area contributed by atoms with Gasteiger partial charge < -0.3 is 0 Å². The molecular weight excluding hydrogens is 307 g/mol. The molecule has 0 atom stereocenters. The number of carbonyl (C=O) groups is 1. The summed E-state index contributed by atoms with van der Waals surface area (Å²) in [6.07, 6.45) is 0.283. The van der Waals surface area contributed by atoms with Crippen molar-refractivity contribution in [2.24, 2.45) is 0 Å². The van der Waals surface area contributed by atoms with Gasteiger partial charge in [-0.3, -0.25) is 4.79 Å². The predicted octanol–water partition coefficient (Wildman–Crippen LogP) is 5.40. The van der Waals surface area contributed by atoms with E-state index in [2.05, 4.69) is 12.1 Å². The number of Topliss-reactive ketones (excluding diaryl/α,β-unsaturated/α-hetero) is 1. The second-order valence-corrected chi connectivity index (χ2v) is 6.31. The molecule has 3 rings (SSSR count). The van der Waals surface area contributed by atoms with Crippen LogP contribution in [0.2, 0.25) is 0 Å². The van der Waals surface area contributed by atoms with E-state index in [0.29, 0.717) is 5.56 Å². The van der Waals surface area contributed by atoms with Gasteiger partial charge in [-0.15, -0.1) is 0 Å². The largest absolute Gasteiger partial charge is 0.294 e. The van der Waals surface area contributed by atoms with Crippen molar-refractivity contribution in [3.8, 4) is 0 Å². The van der Waals surface area contributed by atoms with Crippen molar-refractivity contribution in [3.63, 3.8) is 0 Å². The average molecular weight is 322 g/mol. The average Bonchev–Trinajstić information content (AvgIpc) is 2.58. The molecule has 0 radical (unpaired) electrons. The van der Waals surface area contributed by atoms with Gasteiger partial charge in [0.25, 0.3) is 0 Å². The summed E-state index contributed by atoms with van der Waals surface area (Å²) in [6.45, 7) is 0. The first-order valence-corrected chi connectivity index (χ1v) is 8.13. The van der Waals surface area contributed by atoms with Crippen LogP contribution in [0, 0.1) is 5.82 Å². The van der Waals surface area contributed by atoms with Crippen molar-refractivity contribution in [1.29, 1.82) is 0 Å². The molecule has 0 aliphatic carbocycles. The highest BCUT2D eigenvalue weighted by Crippen LogP contribution is 2.27. The number of rotatable bonds is 5. The summed E-state index contributed by atoms with van der Waals surface area (Å²) in [5, 5.41) is 0. The Labute approximate surface area is 139 Å². The van der Waals surface area contributed by atoms with Crippen molar-refractivity contribution < 1.29 is 9.18 Å². The highest BCUT2D eigenvalue weighted by Gasteiger charge is 2.07. The third kappa shape index (κ3) is 4.30. The van der Waals surface area contributed by atoms with E-state index in [0.717, 1.165) is 15.4 Å². The quantitative estimate of drug-likeness (QED) is 0.585. The lowest BCUT2D eigenvalue weighted by molar-refractivity contribution is 0.0993. The molecule has 0 aromatic heterocycles. The Morgan fingerprint density at radius 3 is 2.04 bits per heavy atom. The summed E-state index contributed by atoms with van der Waals surface area (Å²) in [5.41, 5.74) is 1.49. The second kappa shape index (κ2) is 7.25. The Morgan fingerprint density at radius 2 is 1.39 bits per heavy atom. The van der Waals surface area contributed by atoms with E-state index >= 15 is 0 Å². The molecule has 0 aliphatic heterocycles. The monoisotopic (exact) mass is 322 g/mol. The van der Waals surface area contributed by atoms with Crippen molar-refractivity contribution in [1.82, 2.24) is 0 Å². The molecule has 0 saturated heterocycles. The second-order valence-electron chi connectivity index (χ2n) is 5.17. The van der Waals surface area contributed by atoms with Gasteiger partial charge in [-0.1, -0.05) is 54.2 Å². The molecule has 0 amide bonds. The Balaban J connectivity index is 1.66. The number of benzene rings is 3. The zero-order chi connectivity index (χ0) is 16.1. The van der Waals surface area contributed by atoms with E-state index in [-0.39, 0.29) is 18.0 Å². The topological polar surface area (TPSA) is 17.1 Å². The Morgan fingerprint density at radius 1 is 0.783 bits per heavy atom. The Kier molecular flexibility index (Phi) is 4.89. The molecule has 0 saturated carbocycles. The molecule has 3 heteroatoms. The van der Waals surface area contributed by atoms with Gasteiger partial charge in [0.15, 0.2) is 5.78 Å². The van der Waals surface area contributed by atoms with Crippen LogP contribution in [0.5, 0.6) is 0 Å². The lowest BCUT2D eigenvalue weighted by atomic mass is 10.0. The highest BCUT2D eigenvalue weighted by atomic mass is 32.2. The van der Waals surface area contributed by atoms with Crippen molar-refractivity contribution in [3.05, 3.63) is 95.8 Å². The molecule has 0 spiro atoms. The van der Waals surface area contributed by atoms with Gasteiger partial charge in [-0.2, -0.15) is 0 Å². The van der Waals surface area contributed by atoms with E-state index in [4.69, 9.17) is 0 Å². The van der Waals surface area contributed by atoms with E-state index < -0.39 is 0 Å². The third-order valence-corrected chi connectivity index (χ3v) is 4.45. The van der Waals surface area contributed by atoms with Gasteiger partial charge in [0.1, 0.15) is 5.82 Å². The molecule has 3 aromatic rings. The third-order valence-electron chi connectivity index (χ3n) is 3.43. The van der Waals surface area contributed by atoms with Crippen LogP contribution in [-0.4, -0.2) is 5.78 Å². The van der Waals surface area contributed by atoms with Crippen LogP contribution in [0.1, 0.15) is 15.9 Å². The minimum atomic E-state index is -0.288. The van der Waals surface area contributed by atoms with Crippen molar-refractivity contribution >= 4 is 17.5 Å². The van der Waals surface area contributed by atoms with Crippen LogP contribution in [0.3, 0.4) is 0 Å². The number of carbonyl (C=O) groups excluding carboxylic acids is 1. The van der Waals surface area contributed by atoms with Gasteiger partial charge in [0, 0.05) is 21.8 Å². The standard InChI is InChI=1S/C20H15FOS/c21-17-10-6-15(7-11-17)14-20(22)16-8-12-19(13-9-16)23-18-4-2-1-3-5-18/h1-13H,14H2. The van der Waals surface area contributed by atoms with Crippen LogP contribution in [0.15, 0.2) is 88.7 Å².